The van der Waals surface area contributed by atoms with Crippen molar-refractivity contribution >= 4 is 23.1 Å². The molecule has 13 heteroatoms. The molecule has 0 atom stereocenters. The fourth-order valence-corrected chi connectivity index (χ4v) is 4.86. The Morgan fingerprint density at radius 2 is 2.00 bits per heavy atom. The Bertz CT molecular complexity index is 1460. The number of nitrogens with zero attached hydrogens (tertiary/aromatic N) is 5. The number of amides is 1. The van der Waals surface area contributed by atoms with Crippen LogP contribution < -0.4 is 10.6 Å². The average molecular weight is 557 g/mol. The predicted octanol–water partition coefficient (Wildman–Crippen LogP) is 4.29. The number of likely N-dealkylation sites (tertiary alicyclic amines) is 1. The number of carbonyl (C=O) groups excluding carboxylic acids is 1. The maximum Gasteiger partial charge on any atom is 0.435 e. The highest BCUT2D eigenvalue weighted by molar-refractivity contribution is 5.96. The number of H-pyrrole nitrogens is 1. The Morgan fingerprint density at radius 1 is 1.18 bits per heavy atom. The number of alkyl halides is 3. The van der Waals surface area contributed by atoms with Crippen LogP contribution in [0, 0.1) is 0 Å². The van der Waals surface area contributed by atoms with Crippen LogP contribution >= 0.6 is 0 Å². The van der Waals surface area contributed by atoms with Gasteiger partial charge in [-0.2, -0.15) is 18.3 Å². The van der Waals surface area contributed by atoms with Crippen LogP contribution in [-0.4, -0.2) is 74.8 Å². The van der Waals surface area contributed by atoms with E-state index >= 15 is 0 Å². The van der Waals surface area contributed by atoms with E-state index in [1.807, 2.05) is 13.0 Å². The van der Waals surface area contributed by atoms with Crippen molar-refractivity contribution in [2.45, 2.75) is 32.4 Å². The molecule has 10 nitrogen and oxygen atoms in total. The number of fused-ring (bicyclic) bond motifs is 1. The van der Waals surface area contributed by atoms with Crippen molar-refractivity contribution in [3.63, 3.8) is 0 Å². The second-order valence-corrected chi connectivity index (χ2v) is 9.53. The first kappa shape index (κ1) is 27.6. The summed E-state index contributed by atoms with van der Waals surface area (Å²) in [4.78, 5) is 23.8. The van der Waals surface area contributed by atoms with Gasteiger partial charge in [0.25, 0.3) is 5.91 Å². The van der Waals surface area contributed by atoms with Crippen molar-refractivity contribution in [3.8, 4) is 11.3 Å². The summed E-state index contributed by atoms with van der Waals surface area (Å²) in [7, 11) is 0. The van der Waals surface area contributed by atoms with E-state index in [2.05, 4.69) is 35.7 Å². The van der Waals surface area contributed by atoms with E-state index in [4.69, 9.17) is 4.74 Å². The van der Waals surface area contributed by atoms with Crippen LogP contribution in [0.25, 0.3) is 16.9 Å². The van der Waals surface area contributed by atoms with Gasteiger partial charge in [0.1, 0.15) is 0 Å². The van der Waals surface area contributed by atoms with E-state index in [1.165, 1.54) is 42.0 Å². The number of hydrogen-bond donors (Lipinski definition) is 3. The molecule has 1 aromatic carbocycles. The SMILES string of the molecule is CCc1cc(Nc2nccn3c(-c4c[nH]nc4C(F)(F)F)cnc23)ccc1C(=O)NCCOCCN1CCCC1. The maximum atomic E-state index is 13.4. The molecular formula is C27H31F3N8O2. The Labute approximate surface area is 229 Å². The number of aromatic nitrogens is 5. The van der Waals surface area contributed by atoms with Crippen molar-refractivity contribution in [2.75, 3.05) is 44.7 Å². The molecule has 1 saturated heterocycles. The number of ether oxygens (including phenoxy) is 1. The first-order valence-corrected chi connectivity index (χ1v) is 13.3. The van der Waals surface area contributed by atoms with Gasteiger partial charge in [0, 0.05) is 42.9 Å². The molecular weight excluding hydrogens is 525 g/mol. The van der Waals surface area contributed by atoms with Gasteiger partial charge in [0.2, 0.25) is 0 Å². The fourth-order valence-electron chi connectivity index (χ4n) is 4.86. The van der Waals surface area contributed by atoms with E-state index in [-0.39, 0.29) is 17.2 Å². The van der Waals surface area contributed by atoms with Crippen molar-refractivity contribution in [1.29, 1.82) is 0 Å². The molecule has 0 bridgehead atoms. The van der Waals surface area contributed by atoms with Gasteiger partial charge in [0.05, 0.1) is 30.7 Å². The summed E-state index contributed by atoms with van der Waals surface area (Å²) in [5.74, 6) is 0.182. The van der Waals surface area contributed by atoms with Crippen LogP contribution in [0.1, 0.15) is 41.4 Å². The van der Waals surface area contributed by atoms with Gasteiger partial charge in [0.15, 0.2) is 17.2 Å². The first-order chi connectivity index (χ1) is 19.3. The minimum Gasteiger partial charge on any atom is -0.378 e. The summed E-state index contributed by atoms with van der Waals surface area (Å²) in [5.41, 5.74) is 1.51. The molecule has 1 fully saturated rings. The van der Waals surface area contributed by atoms with E-state index in [1.54, 1.807) is 12.1 Å². The summed E-state index contributed by atoms with van der Waals surface area (Å²) >= 11 is 0. The van der Waals surface area contributed by atoms with Gasteiger partial charge in [-0.1, -0.05) is 6.92 Å². The van der Waals surface area contributed by atoms with Crippen molar-refractivity contribution < 1.29 is 22.7 Å². The van der Waals surface area contributed by atoms with E-state index < -0.39 is 11.9 Å². The summed E-state index contributed by atoms with van der Waals surface area (Å²) < 4.78 is 47.4. The summed E-state index contributed by atoms with van der Waals surface area (Å²) in [6.45, 7) is 6.67. The quantitative estimate of drug-likeness (QED) is 0.236. The third-order valence-corrected chi connectivity index (χ3v) is 6.89. The molecule has 4 aromatic rings. The van der Waals surface area contributed by atoms with Gasteiger partial charge < -0.3 is 20.3 Å². The van der Waals surface area contributed by atoms with E-state index in [0.29, 0.717) is 48.9 Å². The molecule has 3 aromatic heterocycles. The number of hydrogen-bond acceptors (Lipinski definition) is 7. The predicted molar refractivity (Wildman–Crippen MR) is 143 cm³/mol. The number of carbonyl (C=O) groups is 1. The zero-order chi connectivity index (χ0) is 28.1. The minimum absolute atomic E-state index is 0.113. The number of rotatable bonds is 11. The third kappa shape index (κ3) is 6.10. The molecule has 1 amide bonds. The smallest absolute Gasteiger partial charge is 0.378 e. The molecule has 212 valence electrons. The normalized spacial score (nSPS) is 14.2. The molecule has 3 N–H and O–H groups in total. The molecule has 40 heavy (non-hydrogen) atoms. The molecule has 5 rings (SSSR count). The van der Waals surface area contributed by atoms with Crippen LogP contribution in [-0.2, 0) is 17.3 Å². The fraction of sp³-hybridized carbons (Fsp3) is 0.407. The van der Waals surface area contributed by atoms with Crippen LogP contribution in [0.4, 0.5) is 24.7 Å². The van der Waals surface area contributed by atoms with Crippen LogP contribution in [0.2, 0.25) is 0 Å². The lowest BCUT2D eigenvalue weighted by Gasteiger charge is -2.15. The first-order valence-electron chi connectivity index (χ1n) is 13.3. The molecule has 1 aliphatic heterocycles. The van der Waals surface area contributed by atoms with Gasteiger partial charge >= 0.3 is 6.18 Å². The zero-order valence-electron chi connectivity index (χ0n) is 22.1. The van der Waals surface area contributed by atoms with Gasteiger partial charge in [-0.3, -0.25) is 14.3 Å². The topological polar surface area (TPSA) is 112 Å². The zero-order valence-corrected chi connectivity index (χ0v) is 22.1. The second-order valence-electron chi connectivity index (χ2n) is 9.53. The highest BCUT2D eigenvalue weighted by atomic mass is 19.4. The number of nitrogens with one attached hydrogen (secondary N) is 3. The molecule has 0 spiro atoms. The maximum absolute atomic E-state index is 13.4. The molecule has 0 aliphatic carbocycles. The lowest BCUT2D eigenvalue weighted by atomic mass is 10.0. The van der Waals surface area contributed by atoms with Gasteiger partial charge in [-0.05, 0) is 56.1 Å². The average Bonchev–Trinajstić information content (AvgIpc) is 3.71. The summed E-state index contributed by atoms with van der Waals surface area (Å²) in [6.07, 6.45) is 4.06. The van der Waals surface area contributed by atoms with Crippen molar-refractivity contribution in [3.05, 3.63) is 59.8 Å². The Balaban J connectivity index is 1.24. The molecule has 1 aliphatic rings. The van der Waals surface area contributed by atoms with Crippen LogP contribution in [0.3, 0.4) is 0 Å². The number of anilines is 2. The van der Waals surface area contributed by atoms with Crippen molar-refractivity contribution in [2.24, 2.45) is 0 Å². The number of aromatic amines is 1. The third-order valence-electron chi connectivity index (χ3n) is 6.89. The van der Waals surface area contributed by atoms with E-state index in [0.717, 1.165) is 25.2 Å². The number of aryl methyl sites for hydroxylation is 1. The molecule has 0 unspecified atom stereocenters. The number of halogens is 3. The highest BCUT2D eigenvalue weighted by Gasteiger charge is 2.37. The Morgan fingerprint density at radius 3 is 2.77 bits per heavy atom. The van der Waals surface area contributed by atoms with Gasteiger partial charge in [-0.25, -0.2) is 9.97 Å². The summed E-state index contributed by atoms with van der Waals surface area (Å²) in [5, 5.41) is 11.8. The lowest BCUT2D eigenvalue weighted by Crippen LogP contribution is -2.29. The number of imidazole rings is 1. The largest absolute Gasteiger partial charge is 0.435 e. The van der Waals surface area contributed by atoms with Crippen LogP contribution in [0.15, 0.2) is 43.0 Å². The summed E-state index contributed by atoms with van der Waals surface area (Å²) in [6, 6.07) is 5.35. The van der Waals surface area contributed by atoms with Gasteiger partial charge in [-0.15, -0.1) is 0 Å². The second kappa shape index (κ2) is 12.0. The molecule has 4 heterocycles. The Kier molecular flexibility index (Phi) is 8.31. The monoisotopic (exact) mass is 556 g/mol. The Hall–Kier alpha value is -3.97. The molecule has 0 radical (unpaired) electrons. The number of benzene rings is 1. The minimum atomic E-state index is -4.61. The lowest BCUT2D eigenvalue weighted by molar-refractivity contribution is -0.140. The van der Waals surface area contributed by atoms with E-state index in [9.17, 15) is 18.0 Å². The molecule has 0 saturated carbocycles. The standard InChI is InChI=1S/C27H31F3N8O2/c1-2-18-15-19(5-6-20(18)26(39)32-8-13-40-14-12-37-9-3-4-10-37)35-24-25-33-17-22(38(25)11-7-31-24)21-16-34-36-23(21)27(28,29)30/h5-7,11,15-17H,2-4,8-10,12-14H2,1H3,(H,31,35)(H,32,39)(H,34,36). The van der Waals surface area contributed by atoms with Crippen LogP contribution in [0.5, 0.6) is 0 Å². The highest BCUT2D eigenvalue weighted by Crippen LogP contribution is 2.36. The van der Waals surface area contributed by atoms with Crippen molar-refractivity contribution in [1.82, 2.24) is 34.8 Å².